The molecule has 1 atom stereocenters. The van der Waals surface area contributed by atoms with Gasteiger partial charge in [0.25, 0.3) is 5.91 Å². The molecule has 0 saturated heterocycles. The van der Waals surface area contributed by atoms with Gasteiger partial charge >= 0.3 is 0 Å². The van der Waals surface area contributed by atoms with E-state index in [1.807, 2.05) is 0 Å². The van der Waals surface area contributed by atoms with Crippen LogP contribution in [0.2, 0.25) is 0 Å². The number of rotatable bonds is 9. The van der Waals surface area contributed by atoms with E-state index in [1.54, 1.807) is 30.3 Å². The van der Waals surface area contributed by atoms with E-state index in [0.29, 0.717) is 5.39 Å². The number of carbonyl (C=O) groups is 1. The number of nitrogens with one attached hydrogen (secondary N) is 1. The summed E-state index contributed by atoms with van der Waals surface area (Å²) in [5.74, 6) is -3.02. The van der Waals surface area contributed by atoms with Crippen LogP contribution in [0.5, 0.6) is 0 Å². The third-order valence-electron chi connectivity index (χ3n) is 5.18. The Hall–Kier alpha value is -3.03. The van der Waals surface area contributed by atoms with E-state index < -0.39 is 49.0 Å². The molecule has 0 aliphatic heterocycles. The van der Waals surface area contributed by atoms with E-state index in [1.165, 1.54) is 18.2 Å². The summed E-state index contributed by atoms with van der Waals surface area (Å²) in [5.41, 5.74) is -1.59. The normalized spacial score (nSPS) is 12.7. The maximum Gasteiger partial charge on any atom is 0.270 e. The number of hydrogen-bond donors (Lipinski definition) is 1. The van der Waals surface area contributed by atoms with Crippen molar-refractivity contribution in [3.63, 3.8) is 0 Å². The van der Waals surface area contributed by atoms with Gasteiger partial charge in [0.2, 0.25) is 0 Å². The van der Waals surface area contributed by atoms with Crippen LogP contribution in [0.15, 0.2) is 54.6 Å². The van der Waals surface area contributed by atoms with E-state index in [-0.39, 0.29) is 24.1 Å². The summed E-state index contributed by atoms with van der Waals surface area (Å²) in [6, 6.07) is 13.1. The minimum atomic E-state index is -1.86. The molecule has 0 aliphatic rings. The lowest BCUT2D eigenvalue weighted by molar-refractivity contribution is 0.0780. The largest absolute Gasteiger partial charge is 0.348 e. The van der Waals surface area contributed by atoms with Crippen LogP contribution < -0.4 is 5.32 Å². The van der Waals surface area contributed by atoms with Crippen LogP contribution in [0.25, 0.3) is 10.9 Å². The van der Waals surface area contributed by atoms with Crippen LogP contribution in [0, 0.1) is 17.0 Å². The van der Waals surface area contributed by atoms with Gasteiger partial charge in [0, 0.05) is 11.4 Å². The van der Waals surface area contributed by atoms with Gasteiger partial charge in [-0.3, -0.25) is 18.0 Å². The summed E-state index contributed by atoms with van der Waals surface area (Å²) in [6.07, 6.45) is -0.0847. The van der Waals surface area contributed by atoms with Crippen LogP contribution in [0.3, 0.4) is 0 Å². The first-order chi connectivity index (χ1) is 14.9. The molecular weight excluding hydrogens is 415 g/mol. The van der Waals surface area contributed by atoms with Crippen molar-refractivity contribution in [1.29, 1.82) is 0 Å². The number of nitrogens with zero attached hydrogens (tertiary/aromatic N) is 1. The number of pyridine rings is 1. The lowest BCUT2D eigenvalue weighted by Crippen LogP contribution is -2.43. The molecule has 3 nitrogen and oxygen atoms in total. The first kappa shape index (κ1) is 22.7. The van der Waals surface area contributed by atoms with Crippen molar-refractivity contribution in [3.8, 4) is 0 Å². The van der Waals surface area contributed by atoms with Gasteiger partial charge in [-0.1, -0.05) is 36.4 Å². The molecule has 1 unspecified atom stereocenters. The molecule has 0 aliphatic carbocycles. The van der Waals surface area contributed by atoms with Crippen LogP contribution in [-0.4, -0.2) is 37.0 Å². The number of alkyl halides is 3. The minimum Gasteiger partial charge on any atom is -0.348 e. The molecule has 2 aromatic carbocycles. The Morgan fingerprint density at radius 2 is 1.58 bits per heavy atom. The Morgan fingerprint density at radius 1 is 0.935 bits per heavy atom. The third-order valence-corrected chi connectivity index (χ3v) is 5.18. The average Bonchev–Trinajstić information content (AvgIpc) is 2.80. The Labute approximate surface area is 176 Å². The summed E-state index contributed by atoms with van der Waals surface area (Å²) >= 11 is 0. The number of amides is 1. The Kier molecular flexibility index (Phi) is 7.20. The number of fused-ring (bicyclic) bond motifs is 1. The van der Waals surface area contributed by atoms with Crippen molar-refractivity contribution >= 4 is 16.8 Å². The number of hydrogen-bond acceptors (Lipinski definition) is 2. The molecule has 164 valence electrons. The zero-order valence-electron chi connectivity index (χ0n) is 16.6. The number of carbonyl (C=O) groups excluding carboxylic acids is 1. The molecule has 0 fully saturated rings. The second-order valence-electron chi connectivity index (χ2n) is 7.59. The number of benzene rings is 2. The SMILES string of the molecule is O=C(NC(Cc1ccccc1)CC(CF)(CF)CF)c1ccc2ccc(F)c(F)c2n1. The molecule has 3 aromatic rings. The molecule has 3 rings (SSSR count). The molecule has 1 heterocycles. The Balaban J connectivity index is 1.88. The summed E-state index contributed by atoms with van der Waals surface area (Å²) in [7, 11) is 0. The number of halogens is 5. The quantitative estimate of drug-likeness (QED) is 0.472. The van der Waals surface area contributed by atoms with Crippen molar-refractivity contribution in [2.75, 3.05) is 20.0 Å². The maximum atomic E-state index is 14.1. The van der Waals surface area contributed by atoms with Crippen LogP contribution in [0.4, 0.5) is 22.0 Å². The zero-order chi connectivity index (χ0) is 22.4. The summed E-state index contributed by atoms with van der Waals surface area (Å²) in [5, 5.41) is 2.93. The van der Waals surface area contributed by atoms with Gasteiger partial charge in [-0.15, -0.1) is 0 Å². The van der Waals surface area contributed by atoms with Gasteiger partial charge in [-0.05, 0) is 36.6 Å². The summed E-state index contributed by atoms with van der Waals surface area (Å²) in [6.45, 7) is -3.67. The highest BCUT2D eigenvalue weighted by Crippen LogP contribution is 2.28. The fourth-order valence-electron chi connectivity index (χ4n) is 3.38. The minimum absolute atomic E-state index is 0.193. The van der Waals surface area contributed by atoms with E-state index in [9.17, 15) is 26.7 Å². The van der Waals surface area contributed by atoms with Gasteiger partial charge in [0.1, 0.15) is 31.2 Å². The highest BCUT2D eigenvalue weighted by Gasteiger charge is 2.35. The van der Waals surface area contributed by atoms with Crippen molar-refractivity contribution in [3.05, 3.63) is 77.5 Å². The van der Waals surface area contributed by atoms with Crippen LogP contribution >= 0.6 is 0 Å². The fraction of sp³-hybridized carbons (Fsp3) is 0.304. The first-order valence-electron chi connectivity index (χ1n) is 9.69. The third kappa shape index (κ3) is 5.18. The molecule has 1 amide bonds. The van der Waals surface area contributed by atoms with E-state index in [0.717, 1.165) is 11.6 Å². The van der Waals surface area contributed by atoms with E-state index in [2.05, 4.69) is 10.3 Å². The second-order valence-corrected chi connectivity index (χ2v) is 7.59. The molecule has 1 N–H and O–H groups in total. The molecular formula is C23H21F5N2O. The molecule has 0 spiro atoms. The van der Waals surface area contributed by atoms with Gasteiger partial charge in [0.05, 0.1) is 5.41 Å². The zero-order valence-corrected chi connectivity index (χ0v) is 16.6. The van der Waals surface area contributed by atoms with Crippen molar-refractivity contribution in [2.45, 2.75) is 18.9 Å². The highest BCUT2D eigenvalue weighted by atomic mass is 19.2. The predicted octanol–water partition coefficient (Wildman–Crippen LogP) is 5.14. The van der Waals surface area contributed by atoms with Crippen LogP contribution in [-0.2, 0) is 6.42 Å². The first-order valence-corrected chi connectivity index (χ1v) is 9.69. The van der Waals surface area contributed by atoms with Crippen molar-refractivity contribution in [2.24, 2.45) is 5.41 Å². The lowest BCUT2D eigenvalue weighted by Gasteiger charge is -2.30. The number of aromatic nitrogens is 1. The van der Waals surface area contributed by atoms with E-state index >= 15 is 0 Å². The second kappa shape index (κ2) is 9.85. The smallest absolute Gasteiger partial charge is 0.270 e. The summed E-state index contributed by atoms with van der Waals surface area (Å²) in [4.78, 5) is 16.7. The van der Waals surface area contributed by atoms with Crippen LogP contribution in [0.1, 0.15) is 22.5 Å². The molecule has 0 saturated carbocycles. The highest BCUT2D eigenvalue weighted by molar-refractivity contribution is 5.95. The Bertz CT molecular complexity index is 1030. The average molecular weight is 436 g/mol. The lowest BCUT2D eigenvalue weighted by atomic mass is 9.83. The van der Waals surface area contributed by atoms with Gasteiger partial charge in [-0.25, -0.2) is 13.8 Å². The monoisotopic (exact) mass is 436 g/mol. The fourth-order valence-corrected chi connectivity index (χ4v) is 3.38. The van der Waals surface area contributed by atoms with Crippen molar-refractivity contribution in [1.82, 2.24) is 10.3 Å². The van der Waals surface area contributed by atoms with E-state index in [4.69, 9.17) is 0 Å². The molecule has 8 heteroatoms. The molecule has 1 aromatic heterocycles. The predicted molar refractivity (Wildman–Crippen MR) is 108 cm³/mol. The Morgan fingerprint density at radius 3 is 2.23 bits per heavy atom. The molecule has 0 bridgehead atoms. The van der Waals surface area contributed by atoms with Gasteiger partial charge in [0.15, 0.2) is 11.6 Å². The molecule has 0 radical (unpaired) electrons. The van der Waals surface area contributed by atoms with Gasteiger partial charge in [-0.2, -0.15) is 0 Å². The van der Waals surface area contributed by atoms with Gasteiger partial charge < -0.3 is 5.32 Å². The topological polar surface area (TPSA) is 42.0 Å². The standard InChI is InChI=1S/C23H21F5N2O/c24-12-23(13-25,14-26)11-17(10-15-4-2-1-3-5-15)29-22(31)19-9-7-16-6-8-18(27)20(28)21(16)30-19/h1-9,17H,10-14H2,(H,29,31). The maximum absolute atomic E-state index is 14.1. The molecule has 31 heavy (non-hydrogen) atoms. The summed E-state index contributed by atoms with van der Waals surface area (Å²) < 4.78 is 67.9. The van der Waals surface area contributed by atoms with Crippen molar-refractivity contribution < 1.29 is 26.7 Å².